The van der Waals surface area contributed by atoms with Crippen LogP contribution in [0.15, 0.2) is 0 Å². The number of carbonyl (C=O) groups is 8. The molecule has 6 atom stereocenters. The molecular weight excluding hydrogens is 702 g/mol. The molecule has 0 bridgehead atoms. The van der Waals surface area contributed by atoms with Crippen molar-refractivity contribution in [3.8, 4) is 0 Å². The van der Waals surface area contributed by atoms with Crippen LogP contribution in [-0.4, -0.2) is 156 Å². The van der Waals surface area contributed by atoms with Crippen LogP contribution < -0.4 is 11.1 Å². The van der Waals surface area contributed by atoms with Crippen LogP contribution in [0.25, 0.3) is 0 Å². The van der Waals surface area contributed by atoms with Crippen LogP contribution in [-0.2, 0) is 43.0 Å². The summed E-state index contributed by atoms with van der Waals surface area (Å²) in [4.78, 5) is 113. The first-order valence-electron chi connectivity index (χ1n) is 18.4. The number of rotatable bonds is 16. The highest BCUT2D eigenvalue weighted by Crippen LogP contribution is 2.26. The van der Waals surface area contributed by atoms with Crippen LogP contribution in [0.1, 0.15) is 88.5 Å². The van der Waals surface area contributed by atoms with E-state index in [1.54, 1.807) is 62.3 Å². The SMILES string of the molecule is COC(=O)C(C)N(C)C(=O)[C@H](CC(N)=O)N(C)C(=O)[C@@H]1CCCN1C(=O)[C@H](C(C)C)N(C)C(=O)C(C(C)C)N(C)C(=O)[C@@H](NC(=O)OC(C)(C)C)C(C)C. The number of hydrogen-bond donors (Lipinski definition) is 2. The molecule has 0 radical (unpaired) electrons. The standard InChI is InChI=1S/C37H65N7O10/c1-20(2)27(39-36(52)54-37(8,9)10)32(48)42(13)28(21(3)4)33(49)43(14)29(22(5)6)34(50)44-18-16-17-24(44)30(46)41(12)25(19-26(38)45)31(47)40(11)23(7)35(51)53-15/h20-25,27-29H,16-19H2,1-15H3,(H2,38,45)(H,39,52)/t23?,24-,25-,27-,28?,29-/m0/s1. The predicted octanol–water partition coefficient (Wildman–Crippen LogP) is 1.22. The predicted molar refractivity (Wildman–Crippen MR) is 200 cm³/mol. The van der Waals surface area contributed by atoms with Crippen molar-refractivity contribution in [2.75, 3.05) is 41.8 Å². The van der Waals surface area contributed by atoms with Crippen LogP contribution in [0.2, 0.25) is 0 Å². The van der Waals surface area contributed by atoms with Crippen LogP contribution in [0, 0.1) is 17.8 Å². The summed E-state index contributed by atoms with van der Waals surface area (Å²) in [7, 11) is 6.82. The minimum absolute atomic E-state index is 0.195. The van der Waals surface area contributed by atoms with E-state index in [2.05, 4.69) is 5.32 Å². The lowest BCUT2D eigenvalue weighted by Gasteiger charge is -2.41. The molecule has 0 aromatic carbocycles. The zero-order chi connectivity index (χ0) is 42.2. The largest absolute Gasteiger partial charge is 0.467 e. The summed E-state index contributed by atoms with van der Waals surface area (Å²) in [5.41, 5.74) is 4.67. The first-order chi connectivity index (χ1) is 24.7. The number of likely N-dealkylation sites (tertiary alicyclic amines) is 1. The summed E-state index contributed by atoms with van der Waals surface area (Å²) in [5, 5.41) is 2.64. The average molecular weight is 768 g/mol. The molecule has 1 saturated heterocycles. The van der Waals surface area contributed by atoms with Crippen molar-refractivity contribution in [2.24, 2.45) is 23.5 Å². The van der Waals surface area contributed by atoms with Gasteiger partial charge in [0.15, 0.2) is 0 Å². The number of alkyl carbamates (subject to hydrolysis) is 1. The van der Waals surface area contributed by atoms with Gasteiger partial charge in [-0.25, -0.2) is 9.59 Å². The molecule has 0 spiro atoms. The monoisotopic (exact) mass is 767 g/mol. The Hall–Kier alpha value is -4.44. The van der Waals surface area contributed by atoms with Gasteiger partial charge in [-0.1, -0.05) is 41.5 Å². The Bertz CT molecular complexity index is 1400. The molecule has 1 rings (SSSR count). The molecule has 1 fully saturated rings. The Kier molecular flexibility index (Phi) is 17.4. The van der Waals surface area contributed by atoms with Crippen LogP contribution >= 0.6 is 0 Å². The number of ether oxygens (including phenoxy) is 2. The van der Waals surface area contributed by atoms with Gasteiger partial charge in [-0.3, -0.25) is 28.8 Å². The third kappa shape index (κ3) is 12.0. The van der Waals surface area contributed by atoms with Crippen molar-refractivity contribution in [2.45, 2.75) is 130 Å². The van der Waals surface area contributed by atoms with Crippen LogP contribution in [0.4, 0.5) is 4.79 Å². The lowest BCUT2D eigenvalue weighted by Crippen LogP contribution is -2.62. The first kappa shape index (κ1) is 47.6. The van der Waals surface area contributed by atoms with Gasteiger partial charge in [-0.15, -0.1) is 0 Å². The highest BCUT2D eigenvalue weighted by Gasteiger charge is 2.46. The summed E-state index contributed by atoms with van der Waals surface area (Å²) in [6.07, 6.45) is -0.582. The molecule has 0 aromatic rings. The van der Waals surface area contributed by atoms with Crippen LogP contribution in [0.5, 0.6) is 0 Å². The van der Waals surface area contributed by atoms with E-state index in [-0.39, 0.29) is 18.9 Å². The highest BCUT2D eigenvalue weighted by molar-refractivity contribution is 5.98. The summed E-state index contributed by atoms with van der Waals surface area (Å²) in [6.45, 7) is 17.4. The molecular formula is C37H65N7O10. The summed E-state index contributed by atoms with van der Waals surface area (Å²) in [5.74, 6) is -5.58. The maximum absolute atomic E-state index is 14.4. The average Bonchev–Trinajstić information content (AvgIpc) is 3.56. The van der Waals surface area contributed by atoms with Crippen molar-refractivity contribution in [3.05, 3.63) is 0 Å². The van der Waals surface area contributed by atoms with Crippen molar-refractivity contribution in [1.29, 1.82) is 0 Å². The molecule has 7 amide bonds. The van der Waals surface area contributed by atoms with E-state index in [1.165, 1.54) is 56.9 Å². The number of amides is 7. The van der Waals surface area contributed by atoms with E-state index in [0.717, 1.165) is 9.80 Å². The van der Waals surface area contributed by atoms with E-state index >= 15 is 0 Å². The minimum Gasteiger partial charge on any atom is -0.467 e. The number of carbonyl (C=O) groups excluding carboxylic acids is 8. The molecule has 2 unspecified atom stereocenters. The number of primary amides is 1. The van der Waals surface area contributed by atoms with Gasteiger partial charge in [0.05, 0.1) is 13.5 Å². The smallest absolute Gasteiger partial charge is 0.408 e. The molecule has 17 nitrogen and oxygen atoms in total. The zero-order valence-corrected chi connectivity index (χ0v) is 34.9. The second-order valence-electron chi connectivity index (χ2n) is 16.1. The Labute approximate surface area is 320 Å². The molecule has 1 aliphatic rings. The van der Waals surface area contributed by atoms with Crippen LogP contribution in [0.3, 0.4) is 0 Å². The molecule has 1 heterocycles. The fraction of sp³-hybridized carbons (Fsp3) is 0.784. The molecule has 0 aliphatic carbocycles. The van der Waals surface area contributed by atoms with Gasteiger partial charge in [0.1, 0.15) is 41.9 Å². The first-order valence-corrected chi connectivity index (χ1v) is 18.4. The van der Waals surface area contributed by atoms with Crippen molar-refractivity contribution < 1.29 is 47.8 Å². The third-order valence-corrected chi connectivity index (χ3v) is 9.69. The summed E-state index contributed by atoms with van der Waals surface area (Å²) in [6, 6.07) is -6.48. The molecule has 54 heavy (non-hydrogen) atoms. The fourth-order valence-corrected chi connectivity index (χ4v) is 6.63. The van der Waals surface area contributed by atoms with Gasteiger partial charge in [-0.05, 0) is 58.3 Å². The van der Waals surface area contributed by atoms with E-state index in [4.69, 9.17) is 15.2 Å². The third-order valence-electron chi connectivity index (χ3n) is 9.69. The topological polar surface area (TPSA) is 209 Å². The molecule has 0 aromatic heterocycles. The number of nitrogens with one attached hydrogen (secondary N) is 1. The Balaban J connectivity index is 3.43. The Morgan fingerprint density at radius 1 is 0.759 bits per heavy atom. The minimum atomic E-state index is -1.37. The van der Waals surface area contributed by atoms with E-state index in [0.29, 0.717) is 6.42 Å². The number of nitrogens with zero attached hydrogens (tertiary/aromatic N) is 5. The number of methoxy groups -OCH3 is 1. The molecule has 0 saturated carbocycles. The lowest BCUT2D eigenvalue weighted by molar-refractivity contribution is -0.158. The highest BCUT2D eigenvalue weighted by atomic mass is 16.6. The van der Waals surface area contributed by atoms with Crippen molar-refractivity contribution in [1.82, 2.24) is 29.8 Å². The Morgan fingerprint density at radius 3 is 1.72 bits per heavy atom. The summed E-state index contributed by atoms with van der Waals surface area (Å²) >= 11 is 0. The quantitative estimate of drug-likeness (QED) is 0.215. The number of esters is 1. The lowest BCUT2D eigenvalue weighted by atomic mass is 9.95. The normalized spacial score (nSPS) is 17.2. The van der Waals surface area contributed by atoms with Crippen molar-refractivity contribution >= 4 is 47.5 Å². The van der Waals surface area contributed by atoms with Gasteiger partial charge >= 0.3 is 12.1 Å². The molecule has 1 aliphatic heterocycles. The second kappa shape index (κ2) is 19.8. The van der Waals surface area contributed by atoms with Crippen molar-refractivity contribution in [3.63, 3.8) is 0 Å². The Morgan fingerprint density at radius 2 is 1.28 bits per heavy atom. The number of likely N-dealkylation sites (N-methyl/N-ethyl adjacent to an activating group) is 4. The second-order valence-corrected chi connectivity index (χ2v) is 16.1. The molecule has 3 N–H and O–H groups in total. The van der Waals surface area contributed by atoms with Gasteiger partial charge in [-0.2, -0.15) is 0 Å². The van der Waals surface area contributed by atoms with Gasteiger partial charge in [0.25, 0.3) is 0 Å². The molecule has 17 heteroatoms. The van der Waals surface area contributed by atoms with Gasteiger partial charge < -0.3 is 45.0 Å². The fourth-order valence-electron chi connectivity index (χ4n) is 6.63. The maximum atomic E-state index is 14.4. The van der Waals surface area contributed by atoms with Gasteiger partial charge in [0.2, 0.25) is 35.4 Å². The van der Waals surface area contributed by atoms with E-state index in [1.807, 2.05) is 0 Å². The zero-order valence-electron chi connectivity index (χ0n) is 34.9. The number of nitrogens with two attached hydrogens (primary N) is 1. The van der Waals surface area contributed by atoms with E-state index in [9.17, 15) is 38.4 Å². The van der Waals surface area contributed by atoms with Gasteiger partial charge in [0, 0.05) is 34.7 Å². The number of hydrogen-bond acceptors (Lipinski definition) is 10. The summed E-state index contributed by atoms with van der Waals surface area (Å²) < 4.78 is 10.1. The maximum Gasteiger partial charge on any atom is 0.408 e. The molecule has 308 valence electrons. The van der Waals surface area contributed by atoms with E-state index < -0.39 is 108 Å².